The summed E-state index contributed by atoms with van der Waals surface area (Å²) in [5, 5.41) is 13.7. The van der Waals surface area contributed by atoms with Crippen molar-refractivity contribution in [2.45, 2.75) is 31.4 Å². The molecule has 2 N–H and O–H groups in total. The lowest BCUT2D eigenvalue weighted by Crippen LogP contribution is -2.53. The van der Waals surface area contributed by atoms with Gasteiger partial charge in [0.05, 0.1) is 25.9 Å². The molecule has 3 aliphatic rings. The Morgan fingerprint density at radius 2 is 1.83 bits per heavy atom. The molecule has 1 aliphatic carbocycles. The summed E-state index contributed by atoms with van der Waals surface area (Å²) in [6.45, 7) is 6.10. The number of fused-ring (bicyclic) bond motifs is 1. The zero-order chi connectivity index (χ0) is 20.2. The van der Waals surface area contributed by atoms with Gasteiger partial charge in [0.15, 0.2) is 0 Å². The quantitative estimate of drug-likeness (QED) is 0.736. The van der Waals surface area contributed by atoms with Gasteiger partial charge in [-0.15, -0.1) is 0 Å². The zero-order valence-corrected chi connectivity index (χ0v) is 16.9. The van der Waals surface area contributed by atoms with E-state index in [1.54, 1.807) is 12.1 Å². The number of aliphatic hydroxyl groups excluding tert-OH is 1. The number of carbonyl (C=O) groups excluding carboxylic acids is 1. The Balaban J connectivity index is 1.21. The minimum absolute atomic E-state index is 0.0380. The first-order chi connectivity index (χ1) is 14.1. The van der Waals surface area contributed by atoms with E-state index in [0.717, 1.165) is 57.8 Å². The number of amides is 1. The second kappa shape index (κ2) is 9.51. The van der Waals surface area contributed by atoms with Gasteiger partial charge >= 0.3 is 0 Å². The molecule has 3 fully saturated rings. The summed E-state index contributed by atoms with van der Waals surface area (Å²) in [5.41, 5.74) is 1.02. The summed E-state index contributed by atoms with van der Waals surface area (Å²) in [6.07, 6.45) is 2.26. The maximum atomic E-state index is 12.9. The largest absolute Gasteiger partial charge is 0.391 e. The van der Waals surface area contributed by atoms with Crippen LogP contribution in [0.5, 0.6) is 0 Å². The molecule has 1 amide bonds. The van der Waals surface area contributed by atoms with Crippen molar-refractivity contribution in [2.24, 2.45) is 11.8 Å². The number of nitrogens with one attached hydrogen (secondary N) is 1. The van der Waals surface area contributed by atoms with Crippen LogP contribution in [0.4, 0.5) is 4.39 Å². The molecule has 4 rings (SSSR count). The van der Waals surface area contributed by atoms with Crippen molar-refractivity contribution >= 4 is 5.91 Å². The average Bonchev–Trinajstić information content (AvgIpc) is 3.10. The molecule has 1 aromatic carbocycles. The van der Waals surface area contributed by atoms with Crippen LogP contribution in [0, 0.1) is 17.7 Å². The van der Waals surface area contributed by atoms with Gasteiger partial charge in [0.2, 0.25) is 5.91 Å². The van der Waals surface area contributed by atoms with Crippen LogP contribution in [-0.2, 0) is 16.0 Å². The van der Waals surface area contributed by atoms with Crippen molar-refractivity contribution in [3.05, 3.63) is 35.6 Å². The standard InChI is InChI=1S/C22H32FN3O3/c23-19-3-1-16(2-4-19)5-6-24-22(28)15-25-13-17-11-20(21(27)12-18(17)14-25)26-7-9-29-10-8-26/h1-4,17-18,20-21,27H,5-15H2,(H,24,28)/t17-,18+,20-,21-/m1/s1. The Morgan fingerprint density at radius 1 is 1.14 bits per heavy atom. The van der Waals surface area contributed by atoms with E-state index in [0.29, 0.717) is 31.3 Å². The molecule has 0 unspecified atom stereocenters. The van der Waals surface area contributed by atoms with Crippen LogP contribution in [0.2, 0.25) is 0 Å². The number of rotatable bonds is 6. The fraction of sp³-hybridized carbons (Fsp3) is 0.682. The van der Waals surface area contributed by atoms with E-state index in [2.05, 4.69) is 15.1 Å². The molecule has 0 radical (unpaired) electrons. The van der Waals surface area contributed by atoms with E-state index >= 15 is 0 Å². The number of ether oxygens (including phenoxy) is 1. The summed E-state index contributed by atoms with van der Waals surface area (Å²) < 4.78 is 18.4. The molecule has 0 spiro atoms. The van der Waals surface area contributed by atoms with E-state index in [1.807, 2.05) is 0 Å². The summed E-state index contributed by atoms with van der Waals surface area (Å²) in [6, 6.07) is 6.62. The highest BCUT2D eigenvalue weighted by atomic mass is 19.1. The topological polar surface area (TPSA) is 65.0 Å². The second-order valence-corrected chi connectivity index (χ2v) is 8.70. The van der Waals surface area contributed by atoms with Gasteiger partial charge in [-0.2, -0.15) is 0 Å². The van der Waals surface area contributed by atoms with E-state index in [-0.39, 0.29) is 23.9 Å². The lowest BCUT2D eigenvalue weighted by molar-refractivity contribution is -0.122. The number of nitrogens with zero attached hydrogens (tertiary/aromatic N) is 2. The van der Waals surface area contributed by atoms with Gasteiger partial charge < -0.3 is 15.2 Å². The summed E-state index contributed by atoms with van der Waals surface area (Å²) in [4.78, 5) is 17.0. The lowest BCUT2D eigenvalue weighted by Gasteiger charge is -2.43. The fourth-order valence-electron chi connectivity index (χ4n) is 5.19. The summed E-state index contributed by atoms with van der Waals surface area (Å²) in [5.74, 6) is 0.831. The summed E-state index contributed by atoms with van der Waals surface area (Å²) in [7, 11) is 0. The fourth-order valence-corrected chi connectivity index (χ4v) is 5.19. The van der Waals surface area contributed by atoms with Gasteiger partial charge in [0, 0.05) is 38.8 Å². The van der Waals surface area contributed by atoms with E-state index in [1.165, 1.54) is 12.1 Å². The molecular weight excluding hydrogens is 373 g/mol. The average molecular weight is 406 g/mol. The van der Waals surface area contributed by atoms with Crippen molar-refractivity contribution in [3.8, 4) is 0 Å². The highest BCUT2D eigenvalue weighted by Gasteiger charge is 2.43. The van der Waals surface area contributed by atoms with Crippen LogP contribution < -0.4 is 5.32 Å². The molecule has 2 heterocycles. The number of morpholine rings is 1. The number of carbonyl (C=O) groups is 1. The van der Waals surface area contributed by atoms with Gasteiger partial charge in [-0.05, 0) is 48.8 Å². The van der Waals surface area contributed by atoms with Gasteiger partial charge in [-0.3, -0.25) is 14.6 Å². The van der Waals surface area contributed by atoms with Gasteiger partial charge in [-0.25, -0.2) is 4.39 Å². The number of benzene rings is 1. The predicted octanol–water partition coefficient (Wildman–Crippen LogP) is 0.888. The Hall–Kier alpha value is -1.54. The third-order valence-corrected chi connectivity index (χ3v) is 6.72. The lowest BCUT2D eigenvalue weighted by atomic mass is 9.77. The van der Waals surface area contributed by atoms with Crippen LogP contribution in [0.25, 0.3) is 0 Å². The highest BCUT2D eigenvalue weighted by molar-refractivity contribution is 5.78. The Bertz CT molecular complexity index is 680. The molecule has 0 bridgehead atoms. The van der Waals surface area contributed by atoms with Crippen LogP contribution in [0.15, 0.2) is 24.3 Å². The number of hydrogen-bond acceptors (Lipinski definition) is 5. The van der Waals surface area contributed by atoms with E-state index < -0.39 is 0 Å². The first-order valence-corrected chi connectivity index (χ1v) is 10.8. The molecule has 2 saturated heterocycles. The smallest absolute Gasteiger partial charge is 0.234 e. The molecule has 2 aliphatic heterocycles. The predicted molar refractivity (Wildman–Crippen MR) is 108 cm³/mol. The number of hydrogen-bond donors (Lipinski definition) is 2. The Kier molecular flexibility index (Phi) is 6.80. The molecule has 4 atom stereocenters. The van der Waals surface area contributed by atoms with Crippen molar-refractivity contribution in [3.63, 3.8) is 0 Å². The first kappa shape index (κ1) is 20.7. The molecule has 1 aromatic rings. The Morgan fingerprint density at radius 3 is 2.55 bits per heavy atom. The Labute approximate surface area is 172 Å². The van der Waals surface area contributed by atoms with Gasteiger partial charge in [0.1, 0.15) is 5.82 Å². The highest BCUT2D eigenvalue weighted by Crippen LogP contribution is 2.38. The van der Waals surface area contributed by atoms with E-state index in [4.69, 9.17) is 4.74 Å². The number of likely N-dealkylation sites (tertiary alicyclic amines) is 1. The SMILES string of the molecule is O=C(CN1C[C@H]2C[C@@H](N3CCOCC3)[C@H](O)C[C@H]2C1)NCCc1ccc(F)cc1. The minimum atomic E-state index is -0.279. The van der Waals surface area contributed by atoms with Crippen LogP contribution in [-0.4, -0.2) is 85.4 Å². The van der Waals surface area contributed by atoms with Crippen molar-refractivity contribution in [1.82, 2.24) is 15.1 Å². The molecule has 1 saturated carbocycles. The third-order valence-electron chi connectivity index (χ3n) is 6.72. The van der Waals surface area contributed by atoms with Crippen molar-refractivity contribution < 1.29 is 19.0 Å². The van der Waals surface area contributed by atoms with Gasteiger partial charge in [0.25, 0.3) is 0 Å². The van der Waals surface area contributed by atoms with Crippen molar-refractivity contribution in [1.29, 1.82) is 0 Å². The third kappa shape index (κ3) is 5.34. The van der Waals surface area contributed by atoms with Gasteiger partial charge in [-0.1, -0.05) is 12.1 Å². The van der Waals surface area contributed by atoms with Crippen LogP contribution in [0.3, 0.4) is 0 Å². The molecule has 160 valence electrons. The number of halogens is 1. The maximum absolute atomic E-state index is 12.9. The monoisotopic (exact) mass is 405 g/mol. The maximum Gasteiger partial charge on any atom is 0.234 e. The molecular formula is C22H32FN3O3. The van der Waals surface area contributed by atoms with Crippen LogP contribution in [0.1, 0.15) is 18.4 Å². The zero-order valence-electron chi connectivity index (χ0n) is 16.9. The number of aliphatic hydroxyl groups is 1. The summed E-state index contributed by atoms with van der Waals surface area (Å²) >= 11 is 0. The van der Waals surface area contributed by atoms with Crippen LogP contribution >= 0.6 is 0 Å². The second-order valence-electron chi connectivity index (χ2n) is 8.70. The molecule has 29 heavy (non-hydrogen) atoms. The normalized spacial score (nSPS) is 30.8. The molecule has 6 nitrogen and oxygen atoms in total. The van der Waals surface area contributed by atoms with E-state index in [9.17, 15) is 14.3 Å². The minimum Gasteiger partial charge on any atom is -0.391 e. The molecule has 0 aromatic heterocycles. The first-order valence-electron chi connectivity index (χ1n) is 10.8. The van der Waals surface area contributed by atoms with Crippen molar-refractivity contribution in [2.75, 3.05) is 52.5 Å². The molecule has 7 heteroatoms.